The number of hydrogen-bond acceptors (Lipinski definition) is 2. The minimum Gasteiger partial charge on any atom is -0.349 e. The zero-order valence-electron chi connectivity index (χ0n) is 10.6. The molecule has 0 bridgehead atoms. The van der Waals surface area contributed by atoms with Crippen LogP contribution in [-0.2, 0) is 0 Å². The number of halogens is 1. The third-order valence-corrected chi connectivity index (χ3v) is 4.28. The van der Waals surface area contributed by atoms with Gasteiger partial charge in [0.2, 0.25) is 0 Å². The van der Waals surface area contributed by atoms with Gasteiger partial charge in [0.25, 0.3) is 5.91 Å². The van der Waals surface area contributed by atoms with Crippen LogP contribution in [0.2, 0.25) is 0 Å². The van der Waals surface area contributed by atoms with E-state index in [0.29, 0.717) is 6.04 Å². The van der Waals surface area contributed by atoms with E-state index in [0.717, 1.165) is 48.0 Å². The van der Waals surface area contributed by atoms with Crippen LogP contribution >= 0.6 is 15.9 Å². The highest BCUT2D eigenvalue weighted by atomic mass is 79.9. The number of hydrogen-bond donors (Lipinski definition) is 2. The molecule has 1 fully saturated rings. The van der Waals surface area contributed by atoms with Crippen LogP contribution in [0.25, 0.3) is 0 Å². The Kier molecular flexibility index (Phi) is 4.78. The highest BCUT2D eigenvalue weighted by molar-refractivity contribution is 9.10. The highest BCUT2D eigenvalue weighted by Crippen LogP contribution is 2.19. The normalized spacial score (nSPS) is 20.2. The van der Waals surface area contributed by atoms with Crippen LogP contribution in [0, 0.1) is 6.92 Å². The quantitative estimate of drug-likeness (QED) is 0.881. The molecular weight excluding hydrogens is 292 g/mol. The van der Waals surface area contributed by atoms with E-state index >= 15 is 0 Å². The molecule has 0 aliphatic carbocycles. The van der Waals surface area contributed by atoms with E-state index < -0.39 is 0 Å². The van der Waals surface area contributed by atoms with E-state index in [2.05, 4.69) is 26.6 Å². The summed E-state index contributed by atoms with van der Waals surface area (Å²) in [4.78, 5) is 12.2. The van der Waals surface area contributed by atoms with Gasteiger partial charge in [-0.2, -0.15) is 0 Å². The van der Waals surface area contributed by atoms with Gasteiger partial charge in [0, 0.05) is 16.1 Å². The molecule has 4 heteroatoms. The van der Waals surface area contributed by atoms with Crippen molar-refractivity contribution in [1.29, 1.82) is 0 Å². The maximum absolute atomic E-state index is 12.2. The first-order valence-electron chi connectivity index (χ1n) is 6.45. The second kappa shape index (κ2) is 6.34. The Morgan fingerprint density at radius 1 is 1.39 bits per heavy atom. The number of carbonyl (C=O) groups is 1. The van der Waals surface area contributed by atoms with Crippen LogP contribution < -0.4 is 10.6 Å². The van der Waals surface area contributed by atoms with Gasteiger partial charge in [0.05, 0.1) is 0 Å². The first-order chi connectivity index (χ1) is 8.68. The number of amides is 1. The van der Waals surface area contributed by atoms with Crippen molar-refractivity contribution in [2.45, 2.75) is 32.2 Å². The predicted octanol–water partition coefficient (Wildman–Crippen LogP) is 2.63. The van der Waals surface area contributed by atoms with Crippen molar-refractivity contribution in [3.05, 3.63) is 33.8 Å². The number of nitrogens with one attached hydrogen (secondary N) is 2. The maximum Gasteiger partial charge on any atom is 0.251 e. The molecule has 0 spiro atoms. The van der Waals surface area contributed by atoms with Crippen molar-refractivity contribution < 1.29 is 4.79 Å². The zero-order chi connectivity index (χ0) is 13.0. The molecule has 0 aromatic heterocycles. The summed E-state index contributed by atoms with van der Waals surface area (Å²) in [6, 6.07) is 6.04. The molecule has 3 nitrogen and oxygen atoms in total. The molecule has 98 valence electrons. The van der Waals surface area contributed by atoms with Crippen molar-refractivity contribution >= 4 is 21.8 Å². The summed E-state index contributed by atoms with van der Waals surface area (Å²) in [5.41, 5.74) is 1.77. The first-order valence-corrected chi connectivity index (χ1v) is 7.24. The molecule has 1 aromatic carbocycles. The topological polar surface area (TPSA) is 41.1 Å². The van der Waals surface area contributed by atoms with Gasteiger partial charge in [0.15, 0.2) is 0 Å². The summed E-state index contributed by atoms with van der Waals surface area (Å²) in [5, 5.41) is 6.50. The van der Waals surface area contributed by atoms with E-state index in [1.54, 1.807) is 0 Å². The summed E-state index contributed by atoms with van der Waals surface area (Å²) >= 11 is 3.46. The summed E-state index contributed by atoms with van der Waals surface area (Å²) in [6.45, 7) is 4.01. The third kappa shape index (κ3) is 3.33. The molecule has 18 heavy (non-hydrogen) atoms. The van der Waals surface area contributed by atoms with Crippen LogP contribution in [0.15, 0.2) is 22.7 Å². The van der Waals surface area contributed by atoms with Gasteiger partial charge in [0.1, 0.15) is 0 Å². The maximum atomic E-state index is 12.2. The van der Waals surface area contributed by atoms with Gasteiger partial charge in [-0.1, -0.05) is 22.0 Å². The first kappa shape index (κ1) is 13.6. The smallest absolute Gasteiger partial charge is 0.251 e. The lowest BCUT2D eigenvalue weighted by atomic mass is 10.1. The summed E-state index contributed by atoms with van der Waals surface area (Å²) in [5.74, 6) is 0.0423. The molecule has 1 aliphatic rings. The average molecular weight is 311 g/mol. The van der Waals surface area contributed by atoms with Crippen molar-refractivity contribution in [2.75, 3.05) is 13.1 Å². The standard InChI is InChI=1S/C14H19BrN2O/c1-10-12(5-2-6-13(10)15)14(18)17-11-4-3-8-16-9-7-11/h2,5-6,11,16H,3-4,7-9H2,1H3,(H,17,18). The van der Waals surface area contributed by atoms with E-state index in [1.807, 2.05) is 25.1 Å². The predicted molar refractivity (Wildman–Crippen MR) is 76.9 cm³/mol. The van der Waals surface area contributed by atoms with E-state index in [4.69, 9.17) is 0 Å². The second-order valence-electron chi connectivity index (χ2n) is 4.76. The van der Waals surface area contributed by atoms with E-state index in [9.17, 15) is 4.79 Å². The molecule has 0 saturated carbocycles. The van der Waals surface area contributed by atoms with Crippen LogP contribution in [-0.4, -0.2) is 25.0 Å². The Hall–Kier alpha value is -0.870. The zero-order valence-corrected chi connectivity index (χ0v) is 12.2. The largest absolute Gasteiger partial charge is 0.349 e. The number of benzene rings is 1. The molecule has 0 radical (unpaired) electrons. The molecule has 2 N–H and O–H groups in total. The van der Waals surface area contributed by atoms with Crippen molar-refractivity contribution in [2.24, 2.45) is 0 Å². The third-order valence-electron chi connectivity index (χ3n) is 3.42. The fourth-order valence-corrected chi connectivity index (χ4v) is 2.65. The fraction of sp³-hybridized carbons (Fsp3) is 0.500. The minimum absolute atomic E-state index is 0.0423. The Labute approximate surface area is 116 Å². The molecule has 1 saturated heterocycles. The number of carbonyl (C=O) groups excluding carboxylic acids is 1. The molecule has 1 atom stereocenters. The van der Waals surface area contributed by atoms with Crippen LogP contribution in [0.1, 0.15) is 35.2 Å². The van der Waals surface area contributed by atoms with Gasteiger partial charge < -0.3 is 10.6 Å². The highest BCUT2D eigenvalue weighted by Gasteiger charge is 2.17. The Morgan fingerprint density at radius 2 is 2.22 bits per heavy atom. The number of rotatable bonds is 2. The van der Waals surface area contributed by atoms with Crippen molar-refractivity contribution in [3.63, 3.8) is 0 Å². The van der Waals surface area contributed by atoms with E-state index in [1.165, 1.54) is 0 Å². The van der Waals surface area contributed by atoms with Crippen molar-refractivity contribution in [3.8, 4) is 0 Å². The van der Waals surface area contributed by atoms with Gasteiger partial charge >= 0.3 is 0 Å². The lowest BCUT2D eigenvalue weighted by Gasteiger charge is -2.17. The fourth-order valence-electron chi connectivity index (χ4n) is 2.28. The molecule has 1 unspecified atom stereocenters. The van der Waals surface area contributed by atoms with Gasteiger partial charge in [-0.05, 0) is 57.0 Å². The lowest BCUT2D eigenvalue weighted by molar-refractivity contribution is 0.0933. The molecule has 1 aromatic rings. The van der Waals surface area contributed by atoms with Crippen LogP contribution in [0.5, 0.6) is 0 Å². The molecule has 1 amide bonds. The van der Waals surface area contributed by atoms with E-state index in [-0.39, 0.29) is 5.91 Å². The minimum atomic E-state index is 0.0423. The van der Waals surface area contributed by atoms with Crippen LogP contribution in [0.3, 0.4) is 0 Å². The SMILES string of the molecule is Cc1c(Br)cccc1C(=O)NC1CCCNCC1. The van der Waals surface area contributed by atoms with Gasteiger partial charge in [-0.25, -0.2) is 0 Å². The summed E-state index contributed by atoms with van der Waals surface area (Å²) in [7, 11) is 0. The Morgan fingerprint density at radius 3 is 3.06 bits per heavy atom. The molecular formula is C14H19BrN2O. The average Bonchev–Trinajstić information content (AvgIpc) is 2.61. The lowest BCUT2D eigenvalue weighted by Crippen LogP contribution is -2.35. The molecule has 1 heterocycles. The van der Waals surface area contributed by atoms with Gasteiger partial charge in [-0.15, -0.1) is 0 Å². The Balaban J connectivity index is 2.04. The van der Waals surface area contributed by atoms with Crippen molar-refractivity contribution in [1.82, 2.24) is 10.6 Å². The Bertz CT molecular complexity index is 426. The monoisotopic (exact) mass is 310 g/mol. The summed E-state index contributed by atoms with van der Waals surface area (Å²) < 4.78 is 0.984. The molecule has 1 aliphatic heterocycles. The summed E-state index contributed by atoms with van der Waals surface area (Å²) in [6.07, 6.45) is 3.20. The second-order valence-corrected chi connectivity index (χ2v) is 5.62. The van der Waals surface area contributed by atoms with Gasteiger partial charge in [-0.3, -0.25) is 4.79 Å². The van der Waals surface area contributed by atoms with Crippen LogP contribution in [0.4, 0.5) is 0 Å². The molecule has 2 rings (SSSR count).